The predicted molar refractivity (Wildman–Crippen MR) is 82.1 cm³/mol. The van der Waals surface area contributed by atoms with Gasteiger partial charge in [-0.15, -0.1) is 0 Å². The Bertz CT molecular complexity index is 577. The van der Waals surface area contributed by atoms with Crippen LogP contribution in [-0.4, -0.2) is 45.7 Å². The Morgan fingerprint density at radius 1 is 1.29 bits per heavy atom. The molecule has 6 heteroatoms. The number of nitrogens with zero attached hydrogens (tertiary/aromatic N) is 4. The first kappa shape index (κ1) is 15.2. The van der Waals surface area contributed by atoms with Crippen molar-refractivity contribution in [3.8, 4) is 0 Å². The number of amides is 1. The minimum absolute atomic E-state index is 0.0638. The van der Waals surface area contributed by atoms with Gasteiger partial charge >= 0.3 is 0 Å². The van der Waals surface area contributed by atoms with E-state index in [1.54, 1.807) is 12.7 Å². The summed E-state index contributed by atoms with van der Waals surface area (Å²) in [6.07, 6.45) is 3.27. The first-order valence-electron chi connectivity index (χ1n) is 6.87. The zero-order valence-corrected chi connectivity index (χ0v) is 12.8. The largest absolute Gasteiger partial charge is 0.326 e. The number of benzene rings is 1. The lowest BCUT2D eigenvalue weighted by Crippen LogP contribution is -2.35. The average molecular weight is 287 g/mol. The number of likely N-dealkylation sites (N-methyl/N-ethyl adjacent to an activating group) is 1. The molecule has 1 N–H and O–H groups in total. The van der Waals surface area contributed by atoms with E-state index in [0.29, 0.717) is 0 Å². The molecule has 2 rings (SSSR count). The first-order valence-corrected chi connectivity index (χ1v) is 6.87. The van der Waals surface area contributed by atoms with Gasteiger partial charge in [-0.25, -0.2) is 9.67 Å². The lowest BCUT2D eigenvalue weighted by atomic mass is 9.99. The molecule has 1 aromatic heterocycles. The Kier molecular flexibility index (Phi) is 4.70. The molecule has 1 amide bonds. The van der Waals surface area contributed by atoms with E-state index in [1.807, 2.05) is 43.0 Å². The average Bonchev–Trinajstić information content (AvgIpc) is 2.94. The van der Waals surface area contributed by atoms with Crippen LogP contribution >= 0.6 is 0 Å². The Balaban J connectivity index is 2.31. The quantitative estimate of drug-likeness (QED) is 0.910. The number of aromatic nitrogens is 3. The number of hydrogen-bond donors (Lipinski definition) is 1. The Hall–Kier alpha value is -2.21. The molecular weight excluding hydrogens is 266 g/mol. The highest BCUT2D eigenvalue weighted by Gasteiger charge is 2.23. The van der Waals surface area contributed by atoms with Gasteiger partial charge in [0.2, 0.25) is 5.91 Å². The maximum absolute atomic E-state index is 11.1. The molecule has 1 aromatic carbocycles. The standard InChI is InChI=1S/C15H21N5O/c1-11(19(3)4)15(20-10-16-9-17-20)13-5-7-14(8-6-13)18-12(2)21/h5-11,15H,1-4H3,(H,18,21). The molecule has 2 atom stereocenters. The van der Waals surface area contributed by atoms with Gasteiger partial charge in [-0.2, -0.15) is 5.10 Å². The van der Waals surface area contributed by atoms with Crippen LogP contribution in [0.25, 0.3) is 0 Å². The Morgan fingerprint density at radius 3 is 2.43 bits per heavy atom. The van der Waals surface area contributed by atoms with Crippen molar-refractivity contribution in [1.29, 1.82) is 0 Å². The van der Waals surface area contributed by atoms with Crippen molar-refractivity contribution in [2.45, 2.75) is 25.9 Å². The SMILES string of the molecule is CC(=O)Nc1ccc(C(C(C)N(C)C)n2cncn2)cc1. The summed E-state index contributed by atoms with van der Waals surface area (Å²) in [7, 11) is 4.08. The molecule has 0 radical (unpaired) electrons. The van der Waals surface area contributed by atoms with Crippen molar-refractivity contribution in [3.63, 3.8) is 0 Å². The van der Waals surface area contributed by atoms with Gasteiger partial charge in [0.25, 0.3) is 0 Å². The second kappa shape index (κ2) is 6.49. The second-order valence-corrected chi connectivity index (χ2v) is 5.33. The van der Waals surface area contributed by atoms with Crippen molar-refractivity contribution in [2.24, 2.45) is 0 Å². The summed E-state index contributed by atoms with van der Waals surface area (Å²) < 4.78 is 1.86. The van der Waals surface area contributed by atoms with Gasteiger partial charge in [0.05, 0.1) is 6.04 Å². The third-order valence-electron chi connectivity index (χ3n) is 3.57. The lowest BCUT2D eigenvalue weighted by molar-refractivity contribution is -0.114. The number of carbonyl (C=O) groups excluding carboxylic acids is 1. The van der Waals surface area contributed by atoms with Crippen LogP contribution in [0.5, 0.6) is 0 Å². The minimum Gasteiger partial charge on any atom is -0.326 e. The number of anilines is 1. The first-order chi connectivity index (χ1) is 9.99. The minimum atomic E-state index is -0.0720. The third-order valence-corrected chi connectivity index (χ3v) is 3.57. The Morgan fingerprint density at radius 2 is 1.95 bits per heavy atom. The summed E-state index contributed by atoms with van der Waals surface area (Å²) in [6.45, 7) is 3.65. The summed E-state index contributed by atoms with van der Waals surface area (Å²) in [6, 6.07) is 8.15. The maximum atomic E-state index is 11.1. The zero-order valence-electron chi connectivity index (χ0n) is 12.8. The van der Waals surface area contributed by atoms with Gasteiger partial charge in [-0.1, -0.05) is 12.1 Å². The van der Waals surface area contributed by atoms with Gasteiger partial charge in [0, 0.05) is 18.7 Å². The predicted octanol–water partition coefficient (Wildman–Crippen LogP) is 1.78. The summed E-state index contributed by atoms with van der Waals surface area (Å²) in [5.41, 5.74) is 1.91. The number of nitrogens with one attached hydrogen (secondary N) is 1. The fourth-order valence-electron chi connectivity index (χ4n) is 2.26. The number of carbonyl (C=O) groups is 1. The summed E-state index contributed by atoms with van der Waals surface area (Å²) >= 11 is 0. The molecule has 2 aromatic rings. The van der Waals surface area contributed by atoms with Crippen LogP contribution < -0.4 is 5.32 Å². The van der Waals surface area contributed by atoms with E-state index < -0.39 is 0 Å². The highest BCUT2D eigenvalue weighted by Crippen LogP contribution is 2.25. The monoisotopic (exact) mass is 287 g/mol. The Labute approximate surface area is 124 Å². The van der Waals surface area contributed by atoms with Crippen LogP contribution in [0.2, 0.25) is 0 Å². The van der Waals surface area contributed by atoms with E-state index in [4.69, 9.17) is 0 Å². The van der Waals surface area contributed by atoms with Gasteiger partial charge in [0.15, 0.2) is 0 Å². The summed E-state index contributed by atoms with van der Waals surface area (Å²) in [5.74, 6) is -0.0720. The highest BCUT2D eigenvalue weighted by molar-refractivity contribution is 5.88. The van der Waals surface area contributed by atoms with Crippen LogP contribution in [0.15, 0.2) is 36.9 Å². The van der Waals surface area contributed by atoms with Crippen LogP contribution in [0.1, 0.15) is 25.5 Å². The van der Waals surface area contributed by atoms with Crippen molar-refractivity contribution in [1.82, 2.24) is 19.7 Å². The smallest absolute Gasteiger partial charge is 0.221 e. The van der Waals surface area contributed by atoms with Crippen LogP contribution in [-0.2, 0) is 4.79 Å². The van der Waals surface area contributed by atoms with E-state index in [2.05, 4.69) is 27.2 Å². The molecule has 0 saturated heterocycles. The normalized spacial score (nSPS) is 14.0. The lowest BCUT2D eigenvalue weighted by Gasteiger charge is -2.29. The van der Waals surface area contributed by atoms with E-state index in [1.165, 1.54) is 6.92 Å². The molecule has 0 aliphatic carbocycles. The van der Waals surface area contributed by atoms with E-state index >= 15 is 0 Å². The topological polar surface area (TPSA) is 63.1 Å². The molecule has 0 spiro atoms. The molecule has 0 saturated carbocycles. The zero-order chi connectivity index (χ0) is 15.4. The van der Waals surface area contributed by atoms with Crippen molar-refractivity contribution in [3.05, 3.63) is 42.5 Å². The molecule has 21 heavy (non-hydrogen) atoms. The molecule has 6 nitrogen and oxygen atoms in total. The maximum Gasteiger partial charge on any atom is 0.221 e. The highest BCUT2D eigenvalue weighted by atomic mass is 16.1. The van der Waals surface area contributed by atoms with Crippen LogP contribution in [0, 0.1) is 0 Å². The van der Waals surface area contributed by atoms with Crippen molar-refractivity contribution < 1.29 is 4.79 Å². The third kappa shape index (κ3) is 3.66. The molecule has 0 aliphatic rings. The fraction of sp³-hybridized carbons (Fsp3) is 0.400. The number of hydrogen-bond acceptors (Lipinski definition) is 4. The van der Waals surface area contributed by atoms with Crippen LogP contribution in [0.4, 0.5) is 5.69 Å². The molecular formula is C15H21N5O. The molecule has 2 unspecified atom stereocenters. The van der Waals surface area contributed by atoms with E-state index in [-0.39, 0.29) is 18.0 Å². The fourth-order valence-corrected chi connectivity index (χ4v) is 2.26. The van der Waals surface area contributed by atoms with Gasteiger partial charge in [-0.3, -0.25) is 4.79 Å². The van der Waals surface area contributed by atoms with Gasteiger partial charge in [0.1, 0.15) is 12.7 Å². The molecule has 112 valence electrons. The molecule has 0 aliphatic heterocycles. The van der Waals surface area contributed by atoms with E-state index in [0.717, 1.165) is 11.3 Å². The number of rotatable bonds is 5. The molecule has 0 fully saturated rings. The summed E-state index contributed by atoms with van der Waals surface area (Å²) in [5, 5.41) is 7.05. The van der Waals surface area contributed by atoms with Gasteiger partial charge < -0.3 is 10.2 Å². The van der Waals surface area contributed by atoms with Crippen LogP contribution in [0.3, 0.4) is 0 Å². The van der Waals surface area contributed by atoms with E-state index in [9.17, 15) is 4.79 Å². The molecule has 0 bridgehead atoms. The summed E-state index contributed by atoms with van der Waals surface area (Å²) in [4.78, 5) is 17.3. The molecule has 1 heterocycles. The van der Waals surface area contributed by atoms with Crippen molar-refractivity contribution in [2.75, 3.05) is 19.4 Å². The second-order valence-electron chi connectivity index (χ2n) is 5.33. The van der Waals surface area contributed by atoms with Gasteiger partial charge in [-0.05, 0) is 38.7 Å². The van der Waals surface area contributed by atoms with Crippen molar-refractivity contribution >= 4 is 11.6 Å².